The van der Waals surface area contributed by atoms with Gasteiger partial charge in [-0.3, -0.25) is 0 Å². The molecule has 0 aliphatic heterocycles. The first-order valence-electron chi connectivity index (χ1n) is 5.39. The van der Waals surface area contributed by atoms with Gasteiger partial charge in [0, 0.05) is 29.6 Å². The van der Waals surface area contributed by atoms with Crippen LogP contribution < -0.4 is 0 Å². The lowest BCUT2D eigenvalue weighted by Gasteiger charge is -2.06. The molecular weight excluding hydrogens is 276 g/mol. The van der Waals surface area contributed by atoms with Gasteiger partial charge < -0.3 is 9.13 Å². The molecular formula is C10H13ClN4O2S. The SMILES string of the molecule is CCn1cncc1Cn1cc(S(=O)(=O)Cl)nc1C. The van der Waals surface area contributed by atoms with Crippen LogP contribution >= 0.6 is 10.7 Å². The van der Waals surface area contributed by atoms with Gasteiger partial charge in [-0.05, 0) is 13.8 Å². The highest BCUT2D eigenvalue weighted by molar-refractivity contribution is 8.13. The molecule has 0 atom stereocenters. The highest BCUT2D eigenvalue weighted by atomic mass is 35.7. The van der Waals surface area contributed by atoms with E-state index in [4.69, 9.17) is 10.7 Å². The zero-order valence-corrected chi connectivity index (χ0v) is 11.6. The van der Waals surface area contributed by atoms with Gasteiger partial charge in [-0.25, -0.2) is 18.4 Å². The summed E-state index contributed by atoms with van der Waals surface area (Å²) in [5, 5.41) is -0.121. The summed E-state index contributed by atoms with van der Waals surface area (Å²) < 4.78 is 26.1. The van der Waals surface area contributed by atoms with E-state index in [1.54, 1.807) is 24.0 Å². The molecule has 18 heavy (non-hydrogen) atoms. The van der Waals surface area contributed by atoms with Crippen LogP contribution in [0.4, 0.5) is 0 Å². The molecule has 98 valence electrons. The molecule has 0 aliphatic rings. The second-order valence-electron chi connectivity index (χ2n) is 3.86. The molecule has 0 amide bonds. The summed E-state index contributed by atoms with van der Waals surface area (Å²) in [5.74, 6) is 0.595. The van der Waals surface area contributed by atoms with E-state index < -0.39 is 9.05 Å². The number of rotatable bonds is 4. The molecule has 0 saturated carbocycles. The molecule has 0 unspecified atom stereocenters. The lowest BCUT2D eigenvalue weighted by atomic mass is 10.4. The summed E-state index contributed by atoms with van der Waals surface area (Å²) in [6.07, 6.45) is 4.92. The Kier molecular flexibility index (Phi) is 3.45. The third-order valence-electron chi connectivity index (χ3n) is 2.68. The van der Waals surface area contributed by atoms with E-state index in [2.05, 4.69) is 9.97 Å². The molecule has 0 radical (unpaired) electrons. The van der Waals surface area contributed by atoms with Gasteiger partial charge in [0.1, 0.15) is 5.82 Å². The molecule has 0 bridgehead atoms. The maximum absolute atomic E-state index is 11.2. The van der Waals surface area contributed by atoms with Gasteiger partial charge in [-0.2, -0.15) is 0 Å². The van der Waals surface area contributed by atoms with Crippen molar-refractivity contribution in [3.63, 3.8) is 0 Å². The summed E-state index contributed by atoms with van der Waals surface area (Å²) in [7, 11) is 1.48. The number of nitrogens with zero attached hydrogens (tertiary/aromatic N) is 4. The van der Waals surface area contributed by atoms with Crippen molar-refractivity contribution in [2.75, 3.05) is 0 Å². The van der Waals surface area contributed by atoms with E-state index in [9.17, 15) is 8.42 Å². The standard InChI is InChI=1S/C10H13ClN4O2S/c1-3-14-7-12-4-9(14)5-15-6-10(13-8(15)2)18(11,16)17/h4,6-7H,3,5H2,1-2H3. The first kappa shape index (κ1) is 13.1. The summed E-state index contributed by atoms with van der Waals surface area (Å²) >= 11 is 0. The number of imidazole rings is 2. The molecule has 2 rings (SSSR count). The van der Waals surface area contributed by atoms with Crippen LogP contribution in [0.15, 0.2) is 23.7 Å². The normalized spacial score (nSPS) is 11.9. The zero-order valence-electron chi connectivity index (χ0n) is 10.0. The molecule has 6 nitrogen and oxygen atoms in total. The van der Waals surface area contributed by atoms with Gasteiger partial charge in [0.25, 0.3) is 9.05 Å². The van der Waals surface area contributed by atoms with Crippen molar-refractivity contribution in [2.45, 2.75) is 32.0 Å². The minimum atomic E-state index is -3.78. The Balaban J connectivity index is 2.33. The summed E-state index contributed by atoms with van der Waals surface area (Å²) in [6.45, 7) is 5.07. The highest BCUT2D eigenvalue weighted by Gasteiger charge is 2.16. The quantitative estimate of drug-likeness (QED) is 0.797. The minimum absolute atomic E-state index is 0.121. The van der Waals surface area contributed by atoms with Crippen LogP contribution in [0.3, 0.4) is 0 Å². The summed E-state index contributed by atoms with van der Waals surface area (Å²) in [4.78, 5) is 7.99. The maximum Gasteiger partial charge on any atom is 0.280 e. The van der Waals surface area contributed by atoms with Crippen molar-refractivity contribution in [3.8, 4) is 0 Å². The summed E-state index contributed by atoms with van der Waals surface area (Å²) in [6, 6.07) is 0. The van der Waals surface area contributed by atoms with Crippen molar-refractivity contribution in [3.05, 3.63) is 30.2 Å². The molecule has 0 aliphatic carbocycles. The lowest BCUT2D eigenvalue weighted by molar-refractivity contribution is 0.606. The number of hydrogen-bond acceptors (Lipinski definition) is 4. The third kappa shape index (κ3) is 2.56. The van der Waals surface area contributed by atoms with Gasteiger partial charge in [-0.1, -0.05) is 0 Å². The predicted molar refractivity (Wildman–Crippen MR) is 67.0 cm³/mol. The van der Waals surface area contributed by atoms with Crippen molar-refractivity contribution in [1.29, 1.82) is 0 Å². The van der Waals surface area contributed by atoms with Gasteiger partial charge in [0.15, 0.2) is 5.03 Å². The molecule has 0 aromatic carbocycles. The van der Waals surface area contributed by atoms with Crippen LogP contribution in [-0.2, 0) is 22.1 Å². The molecule has 0 fully saturated rings. The fraction of sp³-hybridized carbons (Fsp3) is 0.400. The molecule has 0 saturated heterocycles. The van der Waals surface area contributed by atoms with E-state index in [0.717, 1.165) is 12.2 Å². The third-order valence-corrected chi connectivity index (χ3v) is 3.85. The fourth-order valence-corrected chi connectivity index (χ4v) is 2.41. The van der Waals surface area contributed by atoms with E-state index in [1.807, 2.05) is 11.5 Å². The molecule has 2 aromatic rings. The minimum Gasteiger partial charge on any atom is -0.333 e. The fourth-order valence-electron chi connectivity index (χ4n) is 1.70. The van der Waals surface area contributed by atoms with E-state index in [-0.39, 0.29) is 5.03 Å². The Morgan fingerprint density at radius 3 is 2.67 bits per heavy atom. The number of aromatic nitrogens is 4. The van der Waals surface area contributed by atoms with Crippen LogP contribution in [0.1, 0.15) is 18.4 Å². The Hall–Kier alpha value is -1.34. The monoisotopic (exact) mass is 288 g/mol. The zero-order chi connectivity index (χ0) is 13.3. The Bertz CT molecular complexity index is 659. The van der Waals surface area contributed by atoms with Crippen LogP contribution in [-0.4, -0.2) is 27.5 Å². The predicted octanol–water partition coefficient (Wildman–Crippen LogP) is 1.38. The molecule has 0 N–H and O–H groups in total. The Morgan fingerprint density at radius 1 is 1.39 bits per heavy atom. The van der Waals surface area contributed by atoms with E-state index in [1.165, 1.54) is 6.20 Å². The smallest absolute Gasteiger partial charge is 0.280 e. The van der Waals surface area contributed by atoms with E-state index in [0.29, 0.717) is 12.4 Å². The van der Waals surface area contributed by atoms with E-state index >= 15 is 0 Å². The Labute approximate surface area is 110 Å². The van der Waals surface area contributed by atoms with Crippen LogP contribution in [0.2, 0.25) is 0 Å². The van der Waals surface area contributed by atoms with Gasteiger partial charge in [0.05, 0.1) is 18.6 Å². The van der Waals surface area contributed by atoms with Gasteiger partial charge >= 0.3 is 0 Å². The van der Waals surface area contributed by atoms with Gasteiger partial charge in [0.2, 0.25) is 0 Å². The number of aryl methyl sites for hydroxylation is 2. The topological polar surface area (TPSA) is 69.8 Å². The second-order valence-corrected chi connectivity index (χ2v) is 6.38. The maximum atomic E-state index is 11.2. The van der Waals surface area contributed by atoms with Crippen LogP contribution in [0, 0.1) is 6.92 Å². The molecule has 0 spiro atoms. The lowest BCUT2D eigenvalue weighted by Crippen LogP contribution is -2.06. The summed E-state index contributed by atoms with van der Waals surface area (Å²) in [5.41, 5.74) is 0.983. The van der Waals surface area contributed by atoms with Gasteiger partial charge in [-0.15, -0.1) is 0 Å². The van der Waals surface area contributed by atoms with Crippen LogP contribution in [0.25, 0.3) is 0 Å². The van der Waals surface area contributed by atoms with Crippen molar-refractivity contribution < 1.29 is 8.42 Å². The number of hydrogen-bond donors (Lipinski definition) is 0. The molecule has 8 heteroatoms. The van der Waals surface area contributed by atoms with Crippen molar-refractivity contribution in [1.82, 2.24) is 19.1 Å². The Morgan fingerprint density at radius 2 is 2.11 bits per heavy atom. The average Bonchev–Trinajstić information content (AvgIpc) is 2.86. The average molecular weight is 289 g/mol. The first-order chi connectivity index (χ1) is 8.41. The second kappa shape index (κ2) is 4.74. The van der Waals surface area contributed by atoms with Crippen molar-refractivity contribution in [2.24, 2.45) is 0 Å². The molecule has 2 aromatic heterocycles. The van der Waals surface area contributed by atoms with Crippen molar-refractivity contribution >= 4 is 19.7 Å². The first-order valence-corrected chi connectivity index (χ1v) is 7.70. The molecule has 2 heterocycles. The van der Waals surface area contributed by atoms with Crippen LogP contribution in [0.5, 0.6) is 0 Å². The highest BCUT2D eigenvalue weighted by Crippen LogP contribution is 2.15. The largest absolute Gasteiger partial charge is 0.333 e. The number of halogens is 1.